The largest absolute Gasteiger partial charge is 0.482 e. The first-order valence-corrected chi connectivity index (χ1v) is 10.1. The van der Waals surface area contributed by atoms with E-state index < -0.39 is 18.0 Å². The van der Waals surface area contributed by atoms with E-state index in [2.05, 4.69) is 0 Å². The topological polar surface area (TPSA) is 61.8 Å². The highest BCUT2D eigenvalue weighted by molar-refractivity contribution is 8.16. The second kappa shape index (κ2) is 8.16. The molecule has 2 heterocycles. The van der Waals surface area contributed by atoms with Crippen LogP contribution in [0, 0.1) is 0 Å². The van der Waals surface area contributed by atoms with Crippen molar-refractivity contribution in [2.24, 2.45) is 0 Å². The van der Waals surface area contributed by atoms with Crippen LogP contribution in [0.3, 0.4) is 0 Å². The van der Waals surface area contributed by atoms with Gasteiger partial charge in [-0.1, -0.05) is 12.1 Å². The minimum Gasteiger partial charge on any atom is -0.482 e. The van der Waals surface area contributed by atoms with Crippen LogP contribution in [-0.4, -0.2) is 42.3 Å². The van der Waals surface area contributed by atoms with Crippen molar-refractivity contribution in [2.45, 2.75) is 36.6 Å². The summed E-state index contributed by atoms with van der Waals surface area (Å²) in [6.45, 7) is 1.55. The number of benzene rings is 1. The lowest BCUT2D eigenvalue weighted by Crippen LogP contribution is -2.26. The van der Waals surface area contributed by atoms with Gasteiger partial charge in [0.1, 0.15) is 11.9 Å². The molecule has 2 atom stereocenters. The van der Waals surface area contributed by atoms with Gasteiger partial charge in [-0.05, 0) is 42.5 Å². The molecule has 3 rings (SSSR count). The molecule has 2 aliphatic heterocycles. The maximum absolute atomic E-state index is 11.8. The highest BCUT2D eigenvalue weighted by Gasteiger charge is 2.35. The van der Waals surface area contributed by atoms with Crippen molar-refractivity contribution in [2.75, 3.05) is 18.1 Å². The monoisotopic (exact) mass is 368 g/mol. The van der Waals surface area contributed by atoms with Gasteiger partial charge in [-0.3, -0.25) is 0 Å². The lowest BCUT2D eigenvalue weighted by Gasteiger charge is -2.21. The first-order chi connectivity index (χ1) is 11.6. The van der Waals surface area contributed by atoms with E-state index in [1.54, 1.807) is 6.92 Å². The Balaban J connectivity index is 1.46. The van der Waals surface area contributed by atoms with Crippen LogP contribution in [-0.2, 0) is 19.1 Å². The van der Waals surface area contributed by atoms with Crippen LogP contribution in [0.4, 0.5) is 0 Å². The van der Waals surface area contributed by atoms with E-state index in [9.17, 15) is 9.59 Å². The second-order valence-corrected chi connectivity index (χ2v) is 8.47. The fourth-order valence-corrected chi connectivity index (χ4v) is 5.45. The number of ether oxygens (including phenoxy) is 3. The van der Waals surface area contributed by atoms with Crippen LogP contribution in [0.5, 0.6) is 5.75 Å². The number of hydrogen-bond acceptors (Lipinski definition) is 7. The van der Waals surface area contributed by atoms with E-state index in [1.807, 2.05) is 47.8 Å². The van der Waals surface area contributed by atoms with Gasteiger partial charge in [0.15, 0.2) is 6.61 Å². The third kappa shape index (κ3) is 4.60. The molecule has 1 aromatic carbocycles. The summed E-state index contributed by atoms with van der Waals surface area (Å²) in [5.41, 5.74) is 1.27. The van der Waals surface area contributed by atoms with E-state index in [-0.39, 0.29) is 12.7 Å². The molecule has 0 amide bonds. The van der Waals surface area contributed by atoms with Crippen molar-refractivity contribution >= 4 is 35.5 Å². The predicted molar refractivity (Wildman–Crippen MR) is 94.3 cm³/mol. The molecule has 0 aromatic heterocycles. The van der Waals surface area contributed by atoms with E-state index in [0.29, 0.717) is 16.8 Å². The molecule has 0 radical (unpaired) electrons. The van der Waals surface area contributed by atoms with Crippen molar-refractivity contribution in [3.63, 3.8) is 0 Å². The third-order valence-corrected chi connectivity index (χ3v) is 6.75. The fraction of sp³-hybridized carbons (Fsp3) is 0.529. The Labute approximate surface area is 149 Å². The molecule has 0 saturated carbocycles. The highest BCUT2D eigenvalue weighted by Crippen LogP contribution is 2.43. The zero-order valence-electron chi connectivity index (χ0n) is 13.4. The number of rotatable bonds is 5. The Bertz CT molecular complexity index is 583. The molecule has 0 spiro atoms. The number of esters is 2. The summed E-state index contributed by atoms with van der Waals surface area (Å²) < 4.78 is 16.0. The van der Waals surface area contributed by atoms with E-state index in [0.717, 1.165) is 0 Å². The molecular weight excluding hydrogens is 348 g/mol. The Morgan fingerprint density at radius 3 is 2.58 bits per heavy atom. The molecule has 2 aliphatic rings. The molecule has 2 saturated heterocycles. The van der Waals surface area contributed by atoms with Gasteiger partial charge in [-0.15, -0.1) is 23.5 Å². The van der Waals surface area contributed by atoms with Gasteiger partial charge in [0.25, 0.3) is 0 Å². The van der Waals surface area contributed by atoms with Crippen molar-refractivity contribution in [1.29, 1.82) is 0 Å². The van der Waals surface area contributed by atoms with Crippen molar-refractivity contribution in [1.82, 2.24) is 0 Å². The fourth-order valence-electron chi connectivity index (χ4n) is 2.55. The zero-order chi connectivity index (χ0) is 16.9. The summed E-state index contributed by atoms with van der Waals surface area (Å²) in [5.74, 6) is 1.97. The van der Waals surface area contributed by atoms with Crippen LogP contribution < -0.4 is 4.74 Å². The molecule has 0 aliphatic carbocycles. The van der Waals surface area contributed by atoms with Gasteiger partial charge < -0.3 is 14.2 Å². The lowest BCUT2D eigenvalue weighted by molar-refractivity contribution is -0.162. The molecule has 5 nitrogen and oxygen atoms in total. The van der Waals surface area contributed by atoms with Gasteiger partial charge in [0, 0.05) is 6.42 Å². The number of cyclic esters (lactones) is 1. The number of thioether (sulfide) groups is 2. The van der Waals surface area contributed by atoms with Crippen LogP contribution in [0.15, 0.2) is 24.3 Å². The Kier molecular flexibility index (Phi) is 5.94. The summed E-state index contributed by atoms with van der Waals surface area (Å²) in [6, 6.07) is 7.80. The minimum absolute atomic E-state index is 0.209. The quantitative estimate of drug-likeness (QED) is 0.740. The molecule has 7 heteroatoms. The molecule has 0 bridgehead atoms. The normalized spacial score (nSPS) is 24.5. The van der Waals surface area contributed by atoms with Crippen LogP contribution >= 0.6 is 23.5 Å². The van der Waals surface area contributed by atoms with Crippen LogP contribution in [0.2, 0.25) is 0 Å². The maximum atomic E-state index is 11.8. The third-order valence-electron chi connectivity index (χ3n) is 3.74. The van der Waals surface area contributed by atoms with Gasteiger partial charge in [-0.25, -0.2) is 9.59 Å². The Hall–Kier alpha value is -1.34. The molecule has 0 unspecified atom stereocenters. The van der Waals surface area contributed by atoms with E-state index >= 15 is 0 Å². The van der Waals surface area contributed by atoms with Gasteiger partial charge in [0.05, 0.1) is 4.58 Å². The smallest absolute Gasteiger partial charge is 0.347 e. The number of carbonyl (C=O) groups is 2. The average Bonchev–Trinajstić information content (AvgIpc) is 2.91. The summed E-state index contributed by atoms with van der Waals surface area (Å²) >= 11 is 3.93. The van der Waals surface area contributed by atoms with Crippen LogP contribution in [0.25, 0.3) is 0 Å². The average molecular weight is 368 g/mol. The summed E-state index contributed by atoms with van der Waals surface area (Å²) in [4.78, 5) is 23.2. The molecular formula is C17H20O5S2. The van der Waals surface area contributed by atoms with Crippen molar-refractivity contribution < 1.29 is 23.8 Å². The molecule has 130 valence electrons. The van der Waals surface area contributed by atoms with Gasteiger partial charge in [-0.2, -0.15) is 0 Å². The van der Waals surface area contributed by atoms with Crippen LogP contribution in [0.1, 0.15) is 29.9 Å². The first-order valence-electron chi connectivity index (χ1n) is 7.98. The lowest BCUT2D eigenvalue weighted by atomic mass is 10.2. The number of hydrogen-bond donors (Lipinski definition) is 0. The summed E-state index contributed by atoms with van der Waals surface area (Å²) in [6.07, 6.45) is 0.649. The second-order valence-electron chi connectivity index (χ2n) is 5.75. The van der Waals surface area contributed by atoms with E-state index in [4.69, 9.17) is 14.2 Å². The molecule has 1 aromatic rings. The molecule has 24 heavy (non-hydrogen) atoms. The first kappa shape index (κ1) is 17.5. The minimum atomic E-state index is -0.807. The van der Waals surface area contributed by atoms with Crippen molar-refractivity contribution in [3.8, 4) is 5.75 Å². The predicted octanol–water partition coefficient (Wildman–Crippen LogP) is 3.18. The standard InChI is InChI=1S/C17H20O5S2/c1-11-9-14(16(19)21-11)22-15(18)10-20-13-5-3-12(4-6-13)17-23-7-2-8-24-17/h3-6,11,14,17H,2,7-10H2,1H3/t11-,14-/m1/s1. The number of carbonyl (C=O) groups excluding carboxylic acids is 2. The molecule has 0 N–H and O–H groups in total. The van der Waals surface area contributed by atoms with Gasteiger partial charge >= 0.3 is 11.9 Å². The molecule has 2 fully saturated rings. The van der Waals surface area contributed by atoms with Crippen molar-refractivity contribution in [3.05, 3.63) is 29.8 Å². The Morgan fingerprint density at radius 1 is 1.25 bits per heavy atom. The Morgan fingerprint density at radius 2 is 1.96 bits per heavy atom. The maximum Gasteiger partial charge on any atom is 0.347 e. The SMILES string of the molecule is C[C@@H]1C[C@@H](OC(=O)COc2ccc(C3SCCCS3)cc2)C(=O)O1. The zero-order valence-corrected chi connectivity index (χ0v) is 15.1. The van der Waals surface area contributed by atoms with E-state index in [1.165, 1.54) is 23.5 Å². The van der Waals surface area contributed by atoms with Gasteiger partial charge in [0.2, 0.25) is 6.10 Å². The highest BCUT2D eigenvalue weighted by atomic mass is 32.2. The summed E-state index contributed by atoms with van der Waals surface area (Å²) in [5, 5.41) is 0. The summed E-state index contributed by atoms with van der Waals surface area (Å²) in [7, 11) is 0.